The van der Waals surface area contributed by atoms with E-state index in [0.717, 1.165) is 50.6 Å². The quantitative estimate of drug-likeness (QED) is 0.615. The predicted octanol–water partition coefficient (Wildman–Crippen LogP) is 4.60. The smallest absolute Gasteiger partial charge is 0.249 e. The highest BCUT2D eigenvalue weighted by atomic mass is 16.5. The van der Waals surface area contributed by atoms with Crippen LogP contribution in [0.25, 0.3) is 11.4 Å². The van der Waals surface area contributed by atoms with Crippen molar-refractivity contribution in [2.75, 3.05) is 6.54 Å². The Bertz CT molecular complexity index is 911. The number of rotatable bonds is 6. The zero-order valence-electron chi connectivity index (χ0n) is 16.5. The SMILES string of the molecule is O=C(CCCc1ccccc1)N1CCCCCC1c1nc(-c2cccnc2)no1. The van der Waals surface area contributed by atoms with Crippen molar-refractivity contribution in [1.29, 1.82) is 0 Å². The Morgan fingerprint density at radius 1 is 1.10 bits per heavy atom. The molecule has 3 aromatic rings. The molecule has 0 radical (unpaired) electrons. The second-order valence-corrected chi connectivity index (χ2v) is 7.49. The number of amides is 1. The molecule has 1 aromatic carbocycles. The predicted molar refractivity (Wildman–Crippen MR) is 110 cm³/mol. The Hall–Kier alpha value is -3.02. The van der Waals surface area contributed by atoms with Crippen LogP contribution in [0, 0.1) is 0 Å². The van der Waals surface area contributed by atoms with Crippen LogP contribution in [-0.2, 0) is 11.2 Å². The van der Waals surface area contributed by atoms with Crippen molar-refractivity contribution in [1.82, 2.24) is 20.0 Å². The van der Waals surface area contributed by atoms with Gasteiger partial charge in [0.15, 0.2) is 0 Å². The maximum Gasteiger partial charge on any atom is 0.249 e. The molecule has 0 spiro atoms. The molecule has 1 saturated heterocycles. The van der Waals surface area contributed by atoms with E-state index in [-0.39, 0.29) is 11.9 Å². The Kier molecular flexibility index (Phi) is 6.29. The topological polar surface area (TPSA) is 72.1 Å². The number of benzene rings is 1. The Morgan fingerprint density at radius 3 is 2.83 bits per heavy atom. The number of aromatic nitrogens is 3. The molecular formula is C23H26N4O2. The van der Waals surface area contributed by atoms with Gasteiger partial charge >= 0.3 is 0 Å². The fourth-order valence-corrected chi connectivity index (χ4v) is 3.88. The van der Waals surface area contributed by atoms with Crippen molar-refractivity contribution in [2.24, 2.45) is 0 Å². The molecule has 150 valence electrons. The van der Waals surface area contributed by atoms with Gasteiger partial charge in [-0.3, -0.25) is 9.78 Å². The van der Waals surface area contributed by atoms with E-state index in [2.05, 4.69) is 27.3 Å². The van der Waals surface area contributed by atoms with Gasteiger partial charge < -0.3 is 9.42 Å². The van der Waals surface area contributed by atoms with Gasteiger partial charge in [0.1, 0.15) is 6.04 Å². The molecule has 1 atom stereocenters. The first-order valence-corrected chi connectivity index (χ1v) is 10.4. The van der Waals surface area contributed by atoms with Crippen LogP contribution < -0.4 is 0 Å². The zero-order valence-corrected chi connectivity index (χ0v) is 16.5. The third kappa shape index (κ3) is 4.88. The fraction of sp³-hybridized carbons (Fsp3) is 0.391. The van der Waals surface area contributed by atoms with E-state index in [1.165, 1.54) is 5.56 Å². The minimum atomic E-state index is -0.139. The lowest BCUT2D eigenvalue weighted by Gasteiger charge is -2.27. The van der Waals surface area contributed by atoms with Crippen LogP contribution in [0.2, 0.25) is 0 Å². The largest absolute Gasteiger partial charge is 0.337 e. The van der Waals surface area contributed by atoms with Gasteiger partial charge in [-0.25, -0.2) is 0 Å². The highest BCUT2D eigenvalue weighted by Crippen LogP contribution is 2.31. The van der Waals surface area contributed by atoms with Crippen LogP contribution in [0.4, 0.5) is 0 Å². The van der Waals surface area contributed by atoms with Gasteiger partial charge in [0, 0.05) is 30.9 Å². The molecule has 2 aromatic heterocycles. The minimum Gasteiger partial charge on any atom is -0.337 e. The molecule has 1 aliphatic rings. The molecule has 1 fully saturated rings. The highest BCUT2D eigenvalue weighted by Gasteiger charge is 2.30. The highest BCUT2D eigenvalue weighted by molar-refractivity contribution is 5.76. The number of likely N-dealkylation sites (tertiary alicyclic amines) is 1. The molecule has 1 amide bonds. The molecule has 0 N–H and O–H groups in total. The molecule has 1 unspecified atom stereocenters. The van der Waals surface area contributed by atoms with Crippen LogP contribution in [0.1, 0.15) is 56.0 Å². The van der Waals surface area contributed by atoms with E-state index in [1.54, 1.807) is 12.4 Å². The molecule has 6 heteroatoms. The summed E-state index contributed by atoms with van der Waals surface area (Å²) in [7, 11) is 0. The summed E-state index contributed by atoms with van der Waals surface area (Å²) >= 11 is 0. The summed E-state index contributed by atoms with van der Waals surface area (Å²) in [6.07, 6.45) is 9.78. The van der Waals surface area contributed by atoms with Crippen LogP contribution in [0.15, 0.2) is 59.4 Å². The summed E-state index contributed by atoms with van der Waals surface area (Å²) in [5, 5.41) is 4.12. The van der Waals surface area contributed by atoms with Crippen molar-refractivity contribution in [3.05, 3.63) is 66.3 Å². The monoisotopic (exact) mass is 390 g/mol. The van der Waals surface area contributed by atoms with Crippen LogP contribution in [-0.4, -0.2) is 32.5 Å². The zero-order chi connectivity index (χ0) is 19.9. The van der Waals surface area contributed by atoms with Gasteiger partial charge in [-0.2, -0.15) is 4.98 Å². The van der Waals surface area contributed by atoms with E-state index in [4.69, 9.17) is 4.52 Å². The number of carbonyl (C=O) groups excluding carboxylic acids is 1. The van der Waals surface area contributed by atoms with Crippen molar-refractivity contribution in [3.8, 4) is 11.4 Å². The lowest BCUT2D eigenvalue weighted by molar-refractivity contribution is -0.134. The van der Waals surface area contributed by atoms with Crippen LogP contribution in [0.3, 0.4) is 0 Å². The van der Waals surface area contributed by atoms with Crippen molar-refractivity contribution >= 4 is 5.91 Å². The Labute approximate surface area is 171 Å². The van der Waals surface area contributed by atoms with E-state index in [9.17, 15) is 4.79 Å². The average molecular weight is 390 g/mol. The lowest BCUT2D eigenvalue weighted by Crippen LogP contribution is -2.34. The Balaban J connectivity index is 1.44. The van der Waals surface area contributed by atoms with Crippen LogP contribution >= 0.6 is 0 Å². The van der Waals surface area contributed by atoms with Gasteiger partial charge in [0.2, 0.25) is 17.6 Å². The first kappa shape index (κ1) is 19.3. The van der Waals surface area contributed by atoms with E-state index in [0.29, 0.717) is 18.1 Å². The van der Waals surface area contributed by atoms with Gasteiger partial charge in [-0.1, -0.05) is 48.3 Å². The summed E-state index contributed by atoms with van der Waals surface area (Å²) in [5.74, 6) is 1.23. The normalized spacial score (nSPS) is 17.1. The molecule has 0 saturated carbocycles. The maximum absolute atomic E-state index is 13.0. The molecule has 3 heterocycles. The van der Waals surface area contributed by atoms with Crippen molar-refractivity contribution in [3.63, 3.8) is 0 Å². The number of hydrogen-bond donors (Lipinski definition) is 0. The van der Waals surface area contributed by atoms with Gasteiger partial charge in [0.05, 0.1) is 0 Å². The molecule has 0 bridgehead atoms. The number of pyridine rings is 1. The number of nitrogens with zero attached hydrogens (tertiary/aromatic N) is 4. The summed E-state index contributed by atoms with van der Waals surface area (Å²) < 4.78 is 5.59. The molecular weight excluding hydrogens is 364 g/mol. The maximum atomic E-state index is 13.0. The van der Waals surface area contributed by atoms with E-state index < -0.39 is 0 Å². The third-order valence-electron chi connectivity index (χ3n) is 5.42. The van der Waals surface area contributed by atoms with E-state index in [1.807, 2.05) is 35.2 Å². The molecule has 1 aliphatic heterocycles. The first-order valence-electron chi connectivity index (χ1n) is 10.4. The van der Waals surface area contributed by atoms with Crippen LogP contribution in [0.5, 0.6) is 0 Å². The standard InChI is InChI=1S/C23H26N4O2/c28-21(14-7-11-18-9-3-1-4-10-18)27-16-6-2-5-13-20(27)23-25-22(26-29-23)19-12-8-15-24-17-19/h1,3-4,8-10,12,15,17,20H,2,5-7,11,13-14,16H2. The second kappa shape index (κ2) is 9.45. The average Bonchev–Trinajstić information content (AvgIpc) is 3.13. The third-order valence-corrected chi connectivity index (χ3v) is 5.42. The number of aryl methyl sites for hydroxylation is 1. The molecule has 29 heavy (non-hydrogen) atoms. The number of hydrogen-bond acceptors (Lipinski definition) is 5. The fourth-order valence-electron chi connectivity index (χ4n) is 3.88. The number of carbonyl (C=O) groups is 1. The van der Waals surface area contributed by atoms with E-state index >= 15 is 0 Å². The summed E-state index contributed by atoms with van der Waals surface area (Å²) in [5.41, 5.74) is 2.09. The molecule has 4 rings (SSSR count). The molecule has 6 nitrogen and oxygen atoms in total. The summed E-state index contributed by atoms with van der Waals surface area (Å²) in [6.45, 7) is 0.749. The van der Waals surface area contributed by atoms with Gasteiger partial charge in [-0.15, -0.1) is 0 Å². The summed E-state index contributed by atoms with van der Waals surface area (Å²) in [6, 6.07) is 13.9. The lowest BCUT2D eigenvalue weighted by atomic mass is 10.1. The van der Waals surface area contributed by atoms with Crippen molar-refractivity contribution < 1.29 is 9.32 Å². The van der Waals surface area contributed by atoms with Gasteiger partial charge in [0.25, 0.3) is 0 Å². The Morgan fingerprint density at radius 2 is 2.00 bits per heavy atom. The summed E-state index contributed by atoms with van der Waals surface area (Å²) in [4.78, 5) is 23.7. The van der Waals surface area contributed by atoms with Gasteiger partial charge in [-0.05, 0) is 43.4 Å². The first-order chi connectivity index (χ1) is 14.3. The van der Waals surface area contributed by atoms with Crippen molar-refractivity contribution in [2.45, 2.75) is 51.0 Å². The molecule has 0 aliphatic carbocycles. The second-order valence-electron chi connectivity index (χ2n) is 7.49. The minimum absolute atomic E-state index is 0.139.